The summed E-state index contributed by atoms with van der Waals surface area (Å²) in [5.74, 6) is -9.75. The molecule has 0 heterocycles. The summed E-state index contributed by atoms with van der Waals surface area (Å²) in [4.78, 5) is 0. The maximum atomic E-state index is 12.8. The van der Waals surface area contributed by atoms with Crippen LogP contribution < -0.4 is 0 Å². The second kappa shape index (κ2) is 5.38. The van der Waals surface area contributed by atoms with Crippen molar-refractivity contribution in [3.8, 4) is 0 Å². The molecule has 17 heavy (non-hydrogen) atoms. The second-order valence-electron chi connectivity index (χ2n) is 3.61. The molecule has 2 nitrogen and oxygen atoms in total. The molecule has 0 bridgehead atoms. The lowest BCUT2D eigenvalue weighted by Gasteiger charge is -2.25. The van der Waals surface area contributed by atoms with Crippen LogP contribution in [0, 0.1) is 0 Å². The van der Waals surface area contributed by atoms with Crippen LogP contribution >= 0.6 is 0 Å². The molecule has 0 saturated heterocycles. The third kappa shape index (κ3) is 5.53. The lowest BCUT2D eigenvalue weighted by Crippen LogP contribution is -2.42. The third-order valence-electron chi connectivity index (χ3n) is 1.95. The summed E-state index contributed by atoms with van der Waals surface area (Å²) in [6.45, 7) is -0.869. The van der Waals surface area contributed by atoms with Crippen molar-refractivity contribution in [1.29, 1.82) is 0 Å². The number of alkyl halides is 7. The Hall–Kier alpha value is -0.570. The smallest absolute Gasteiger partial charge is 0.394 e. The van der Waals surface area contributed by atoms with Crippen LogP contribution in [0.4, 0.5) is 30.7 Å². The molecule has 0 amide bonds. The van der Waals surface area contributed by atoms with Crippen LogP contribution in [-0.4, -0.2) is 40.9 Å². The van der Waals surface area contributed by atoms with E-state index in [0.717, 1.165) is 0 Å². The van der Waals surface area contributed by atoms with Crippen LogP contribution in [0.15, 0.2) is 0 Å². The largest absolute Gasteiger partial charge is 0.453 e. The summed E-state index contributed by atoms with van der Waals surface area (Å²) in [6.07, 6.45) is -12.4. The molecule has 104 valence electrons. The first-order valence-electron chi connectivity index (χ1n) is 4.52. The minimum absolute atomic E-state index is 0.766. The standard InChI is InChI=1S/C8H11F7O2/c9-6(10,2-1-5(17)3-16)4-7(11,12)8(13,14)15/h5,16-17H,1-4H2. The van der Waals surface area contributed by atoms with Gasteiger partial charge in [-0.1, -0.05) is 0 Å². The molecule has 0 aromatic carbocycles. The Morgan fingerprint density at radius 3 is 1.76 bits per heavy atom. The highest BCUT2D eigenvalue weighted by molar-refractivity contribution is 4.83. The first kappa shape index (κ1) is 16.4. The first-order valence-corrected chi connectivity index (χ1v) is 4.52. The van der Waals surface area contributed by atoms with Gasteiger partial charge in [0, 0.05) is 6.42 Å². The summed E-state index contributed by atoms with van der Waals surface area (Å²) >= 11 is 0. The van der Waals surface area contributed by atoms with Crippen LogP contribution in [0.5, 0.6) is 0 Å². The molecule has 0 fully saturated rings. The Bertz CT molecular complexity index is 239. The van der Waals surface area contributed by atoms with E-state index in [-0.39, 0.29) is 0 Å². The van der Waals surface area contributed by atoms with Crippen LogP contribution in [0.1, 0.15) is 19.3 Å². The minimum Gasteiger partial charge on any atom is -0.394 e. The Balaban J connectivity index is 4.44. The van der Waals surface area contributed by atoms with Gasteiger partial charge >= 0.3 is 12.1 Å². The maximum Gasteiger partial charge on any atom is 0.453 e. The van der Waals surface area contributed by atoms with E-state index in [2.05, 4.69) is 0 Å². The molecular weight excluding hydrogens is 261 g/mol. The van der Waals surface area contributed by atoms with Crippen LogP contribution in [0.2, 0.25) is 0 Å². The molecule has 0 aliphatic carbocycles. The van der Waals surface area contributed by atoms with Gasteiger partial charge in [0.15, 0.2) is 0 Å². The molecule has 0 aliphatic rings. The van der Waals surface area contributed by atoms with Gasteiger partial charge in [-0.2, -0.15) is 22.0 Å². The van der Waals surface area contributed by atoms with Crippen LogP contribution in [0.3, 0.4) is 0 Å². The van der Waals surface area contributed by atoms with E-state index in [1.807, 2.05) is 0 Å². The first-order chi connectivity index (χ1) is 7.41. The third-order valence-corrected chi connectivity index (χ3v) is 1.95. The van der Waals surface area contributed by atoms with E-state index in [0.29, 0.717) is 0 Å². The highest BCUT2D eigenvalue weighted by Gasteiger charge is 2.61. The molecule has 9 heteroatoms. The van der Waals surface area contributed by atoms with Crippen molar-refractivity contribution < 1.29 is 40.9 Å². The number of rotatable bonds is 6. The normalized spacial score (nSPS) is 16.1. The second-order valence-corrected chi connectivity index (χ2v) is 3.61. The quantitative estimate of drug-likeness (QED) is 0.729. The summed E-state index contributed by atoms with van der Waals surface area (Å²) in [5, 5.41) is 17.0. The summed E-state index contributed by atoms with van der Waals surface area (Å²) in [7, 11) is 0. The predicted molar refractivity (Wildman–Crippen MR) is 42.9 cm³/mol. The topological polar surface area (TPSA) is 40.5 Å². The molecule has 1 atom stereocenters. The Morgan fingerprint density at radius 1 is 0.941 bits per heavy atom. The molecular formula is C8H11F7O2. The van der Waals surface area contributed by atoms with Crippen molar-refractivity contribution in [3.63, 3.8) is 0 Å². The van der Waals surface area contributed by atoms with Gasteiger partial charge in [0.1, 0.15) is 0 Å². The summed E-state index contributed by atoms with van der Waals surface area (Å²) in [5.41, 5.74) is 0. The van der Waals surface area contributed by atoms with Crippen molar-refractivity contribution in [2.24, 2.45) is 0 Å². The van der Waals surface area contributed by atoms with Gasteiger partial charge in [-0.25, -0.2) is 8.78 Å². The van der Waals surface area contributed by atoms with Crippen molar-refractivity contribution in [2.75, 3.05) is 6.61 Å². The van der Waals surface area contributed by atoms with Gasteiger partial charge in [-0.05, 0) is 6.42 Å². The van der Waals surface area contributed by atoms with E-state index in [1.54, 1.807) is 0 Å². The SMILES string of the molecule is OCC(O)CCC(F)(F)CC(F)(F)C(F)(F)F. The Labute approximate surface area is 92.0 Å². The van der Waals surface area contributed by atoms with Gasteiger partial charge < -0.3 is 10.2 Å². The highest BCUT2D eigenvalue weighted by Crippen LogP contribution is 2.43. The summed E-state index contributed by atoms with van der Waals surface area (Å²) in [6, 6.07) is 0. The zero-order valence-corrected chi connectivity index (χ0v) is 8.45. The fourth-order valence-electron chi connectivity index (χ4n) is 0.983. The van der Waals surface area contributed by atoms with Gasteiger partial charge in [-0.15, -0.1) is 0 Å². The lowest BCUT2D eigenvalue weighted by atomic mass is 10.0. The lowest BCUT2D eigenvalue weighted by molar-refractivity contribution is -0.301. The molecule has 1 unspecified atom stereocenters. The van der Waals surface area contributed by atoms with E-state index >= 15 is 0 Å². The van der Waals surface area contributed by atoms with Crippen molar-refractivity contribution in [3.05, 3.63) is 0 Å². The zero-order valence-electron chi connectivity index (χ0n) is 8.45. The number of hydrogen-bond donors (Lipinski definition) is 2. The van der Waals surface area contributed by atoms with Gasteiger partial charge in [0.05, 0.1) is 19.1 Å². The molecule has 0 rings (SSSR count). The van der Waals surface area contributed by atoms with Gasteiger partial charge in [0.25, 0.3) is 5.92 Å². The molecule has 0 aromatic rings. The van der Waals surface area contributed by atoms with E-state index in [4.69, 9.17) is 10.2 Å². The molecule has 0 radical (unpaired) electrons. The van der Waals surface area contributed by atoms with Crippen LogP contribution in [0.25, 0.3) is 0 Å². The molecule has 0 spiro atoms. The van der Waals surface area contributed by atoms with Gasteiger partial charge in [0.2, 0.25) is 0 Å². The number of hydrogen-bond acceptors (Lipinski definition) is 2. The molecule has 0 aliphatic heterocycles. The van der Waals surface area contributed by atoms with Crippen LogP contribution in [-0.2, 0) is 0 Å². The number of halogens is 7. The highest BCUT2D eigenvalue weighted by atomic mass is 19.4. The van der Waals surface area contributed by atoms with Crippen molar-refractivity contribution in [2.45, 2.75) is 43.4 Å². The van der Waals surface area contributed by atoms with Crippen molar-refractivity contribution >= 4 is 0 Å². The predicted octanol–water partition coefficient (Wildman–Crippen LogP) is 2.34. The molecule has 2 N–H and O–H groups in total. The Morgan fingerprint density at radius 2 is 1.41 bits per heavy atom. The maximum absolute atomic E-state index is 12.8. The monoisotopic (exact) mass is 272 g/mol. The summed E-state index contributed by atoms with van der Waals surface area (Å²) < 4.78 is 85.1. The number of aliphatic hydroxyl groups is 2. The average molecular weight is 272 g/mol. The number of aliphatic hydroxyl groups excluding tert-OH is 2. The van der Waals surface area contributed by atoms with E-state index in [9.17, 15) is 30.7 Å². The zero-order chi connectivity index (χ0) is 13.9. The molecule has 0 saturated carbocycles. The van der Waals surface area contributed by atoms with E-state index < -0.39 is 50.0 Å². The minimum atomic E-state index is -6.04. The Kier molecular flexibility index (Phi) is 5.20. The average Bonchev–Trinajstić information content (AvgIpc) is 2.10. The fourth-order valence-corrected chi connectivity index (χ4v) is 0.983. The fraction of sp³-hybridized carbons (Fsp3) is 1.00. The van der Waals surface area contributed by atoms with E-state index in [1.165, 1.54) is 0 Å². The molecule has 0 aromatic heterocycles. The van der Waals surface area contributed by atoms with Crippen molar-refractivity contribution in [1.82, 2.24) is 0 Å². The van der Waals surface area contributed by atoms with Gasteiger partial charge in [-0.3, -0.25) is 0 Å².